The van der Waals surface area contributed by atoms with Gasteiger partial charge in [-0.1, -0.05) is 12.1 Å². The zero-order chi connectivity index (χ0) is 14.2. The van der Waals surface area contributed by atoms with Crippen LogP contribution in [0.2, 0.25) is 0 Å². The van der Waals surface area contributed by atoms with Crippen molar-refractivity contribution in [2.45, 2.75) is 38.8 Å². The van der Waals surface area contributed by atoms with Gasteiger partial charge in [0.05, 0.1) is 6.10 Å². The molecule has 0 spiro atoms. The summed E-state index contributed by atoms with van der Waals surface area (Å²) < 4.78 is 5.58. The molecule has 0 amide bonds. The van der Waals surface area contributed by atoms with E-state index < -0.39 is 0 Å². The Balaban J connectivity index is 1.81. The van der Waals surface area contributed by atoms with Gasteiger partial charge in [-0.25, -0.2) is 0 Å². The van der Waals surface area contributed by atoms with Crippen molar-refractivity contribution in [3.8, 4) is 0 Å². The van der Waals surface area contributed by atoms with E-state index in [9.17, 15) is 0 Å². The van der Waals surface area contributed by atoms with E-state index in [1.165, 1.54) is 9.75 Å². The topological polar surface area (TPSA) is 21.3 Å². The Kier molecular flexibility index (Phi) is 6.73. The predicted molar refractivity (Wildman–Crippen MR) is 88.8 cm³/mol. The van der Waals surface area contributed by atoms with Gasteiger partial charge in [-0.2, -0.15) is 0 Å². The van der Waals surface area contributed by atoms with Gasteiger partial charge in [-0.05, 0) is 49.7 Å². The summed E-state index contributed by atoms with van der Waals surface area (Å²) in [5.74, 6) is 0. The van der Waals surface area contributed by atoms with Crippen LogP contribution in [0.5, 0.6) is 0 Å². The highest BCUT2D eigenvalue weighted by atomic mass is 32.1. The first kappa shape index (κ1) is 15.7. The molecule has 4 heteroatoms. The Morgan fingerprint density at radius 2 is 1.95 bits per heavy atom. The van der Waals surface area contributed by atoms with Crippen molar-refractivity contribution < 1.29 is 4.74 Å². The largest absolute Gasteiger partial charge is 0.379 e. The second kappa shape index (κ2) is 8.57. The van der Waals surface area contributed by atoms with Gasteiger partial charge in [0.2, 0.25) is 0 Å². The van der Waals surface area contributed by atoms with Crippen LogP contribution in [0, 0.1) is 0 Å². The maximum Gasteiger partial charge on any atom is 0.0518 e. The van der Waals surface area contributed by atoms with Gasteiger partial charge in [0, 0.05) is 28.8 Å². The van der Waals surface area contributed by atoms with Gasteiger partial charge in [0.15, 0.2) is 0 Å². The average molecular weight is 310 g/mol. The Morgan fingerprint density at radius 1 is 1.15 bits per heavy atom. The van der Waals surface area contributed by atoms with Crippen LogP contribution >= 0.6 is 22.7 Å². The van der Waals surface area contributed by atoms with Gasteiger partial charge in [-0.15, -0.1) is 22.7 Å². The lowest BCUT2D eigenvalue weighted by atomic mass is 10.1. The summed E-state index contributed by atoms with van der Waals surface area (Å²) in [7, 11) is 0. The number of hydrogen-bond donors (Lipinski definition) is 1. The summed E-state index contributed by atoms with van der Waals surface area (Å²) in [6.45, 7) is 6.00. The molecule has 2 rings (SSSR count). The van der Waals surface area contributed by atoms with Crippen LogP contribution in [-0.4, -0.2) is 19.3 Å². The smallest absolute Gasteiger partial charge is 0.0518 e. The van der Waals surface area contributed by atoms with E-state index in [1.54, 1.807) is 0 Å². The lowest BCUT2D eigenvalue weighted by Crippen LogP contribution is -2.24. The Morgan fingerprint density at radius 3 is 2.60 bits per heavy atom. The molecular weight excluding hydrogens is 286 g/mol. The Bertz CT molecular complexity index is 451. The number of nitrogens with one attached hydrogen (secondary N) is 1. The first-order chi connectivity index (χ1) is 9.75. The first-order valence-electron chi connectivity index (χ1n) is 7.16. The lowest BCUT2D eigenvalue weighted by molar-refractivity contribution is 0.0767. The number of rotatable bonds is 9. The van der Waals surface area contributed by atoms with Gasteiger partial charge in [0.25, 0.3) is 0 Å². The van der Waals surface area contributed by atoms with E-state index in [-0.39, 0.29) is 0 Å². The minimum Gasteiger partial charge on any atom is -0.379 e. The van der Waals surface area contributed by atoms with Crippen LogP contribution in [0.25, 0.3) is 0 Å². The second-order valence-electron chi connectivity index (χ2n) is 5.08. The second-order valence-corrected chi connectivity index (χ2v) is 7.09. The Labute approximate surface area is 129 Å². The molecule has 2 nitrogen and oxygen atoms in total. The van der Waals surface area contributed by atoms with Crippen LogP contribution in [0.4, 0.5) is 0 Å². The molecule has 0 aliphatic carbocycles. The van der Waals surface area contributed by atoms with Crippen molar-refractivity contribution in [1.29, 1.82) is 0 Å². The SMILES string of the molecule is CC(C)OCCCNC(Cc1cccs1)c1cccs1. The van der Waals surface area contributed by atoms with Crippen molar-refractivity contribution in [3.63, 3.8) is 0 Å². The molecule has 0 radical (unpaired) electrons. The summed E-state index contributed by atoms with van der Waals surface area (Å²) in [5, 5.41) is 7.97. The normalized spacial score (nSPS) is 12.9. The summed E-state index contributed by atoms with van der Waals surface area (Å²) in [4.78, 5) is 2.86. The fourth-order valence-electron chi connectivity index (χ4n) is 2.06. The standard InChI is InChI=1S/C16H23NOS2/c1-13(2)18-9-5-8-17-15(16-7-4-11-20-16)12-14-6-3-10-19-14/h3-4,6-7,10-11,13,15,17H,5,8-9,12H2,1-2H3. The van der Waals surface area contributed by atoms with Crippen LogP contribution in [0.3, 0.4) is 0 Å². The highest BCUT2D eigenvalue weighted by Crippen LogP contribution is 2.24. The molecule has 0 aliphatic rings. The minimum atomic E-state index is 0.328. The monoisotopic (exact) mass is 309 g/mol. The number of hydrogen-bond acceptors (Lipinski definition) is 4. The molecule has 0 fully saturated rings. The lowest BCUT2D eigenvalue weighted by Gasteiger charge is -2.17. The van der Waals surface area contributed by atoms with Crippen LogP contribution < -0.4 is 5.32 Å². The van der Waals surface area contributed by atoms with Crippen LogP contribution in [-0.2, 0) is 11.2 Å². The van der Waals surface area contributed by atoms with Crippen molar-refractivity contribution in [1.82, 2.24) is 5.32 Å². The third kappa shape index (κ3) is 5.37. The molecule has 0 saturated carbocycles. The molecule has 2 aromatic rings. The molecular formula is C16H23NOS2. The predicted octanol–water partition coefficient (Wildman–Crippen LogP) is 4.50. The van der Waals surface area contributed by atoms with Crippen molar-refractivity contribution >= 4 is 22.7 Å². The van der Waals surface area contributed by atoms with Crippen molar-refractivity contribution in [2.24, 2.45) is 0 Å². The molecule has 0 bridgehead atoms. The minimum absolute atomic E-state index is 0.328. The molecule has 1 atom stereocenters. The zero-order valence-electron chi connectivity index (χ0n) is 12.2. The van der Waals surface area contributed by atoms with E-state index in [4.69, 9.17) is 4.74 Å². The summed E-state index contributed by atoms with van der Waals surface area (Å²) in [6, 6.07) is 9.12. The maximum atomic E-state index is 5.58. The van der Waals surface area contributed by atoms with E-state index in [0.29, 0.717) is 12.1 Å². The molecule has 0 saturated heterocycles. The van der Waals surface area contributed by atoms with Crippen LogP contribution in [0.1, 0.15) is 36.1 Å². The number of thiophene rings is 2. The van der Waals surface area contributed by atoms with Gasteiger partial charge >= 0.3 is 0 Å². The van der Waals surface area contributed by atoms with E-state index in [0.717, 1.165) is 26.0 Å². The van der Waals surface area contributed by atoms with Gasteiger partial charge < -0.3 is 10.1 Å². The van der Waals surface area contributed by atoms with Gasteiger partial charge in [-0.3, -0.25) is 0 Å². The third-order valence-electron chi connectivity index (χ3n) is 3.04. The van der Waals surface area contributed by atoms with Crippen molar-refractivity contribution in [2.75, 3.05) is 13.2 Å². The fourth-order valence-corrected chi connectivity index (χ4v) is 3.61. The molecule has 0 aromatic carbocycles. The highest BCUT2D eigenvalue weighted by Gasteiger charge is 2.13. The van der Waals surface area contributed by atoms with Crippen molar-refractivity contribution in [3.05, 3.63) is 44.8 Å². The van der Waals surface area contributed by atoms with E-state index in [1.807, 2.05) is 22.7 Å². The molecule has 1 unspecified atom stereocenters. The van der Waals surface area contributed by atoms with Gasteiger partial charge in [0.1, 0.15) is 0 Å². The summed E-state index contributed by atoms with van der Waals surface area (Å²) >= 11 is 3.67. The molecule has 20 heavy (non-hydrogen) atoms. The Hall–Kier alpha value is -0.680. The third-order valence-corrected chi connectivity index (χ3v) is 4.92. The summed E-state index contributed by atoms with van der Waals surface area (Å²) in [5.41, 5.74) is 0. The average Bonchev–Trinajstić information content (AvgIpc) is 3.09. The molecule has 2 aromatic heterocycles. The highest BCUT2D eigenvalue weighted by molar-refractivity contribution is 7.10. The fraction of sp³-hybridized carbons (Fsp3) is 0.500. The van der Waals surface area contributed by atoms with E-state index in [2.05, 4.69) is 54.2 Å². The maximum absolute atomic E-state index is 5.58. The molecule has 110 valence electrons. The zero-order valence-corrected chi connectivity index (χ0v) is 13.8. The molecule has 0 aliphatic heterocycles. The molecule has 1 N–H and O–H groups in total. The number of ether oxygens (including phenoxy) is 1. The quantitative estimate of drug-likeness (QED) is 0.689. The van der Waals surface area contributed by atoms with Crippen LogP contribution in [0.15, 0.2) is 35.0 Å². The van der Waals surface area contributed by atoms with E-state index >= 15 is 0 Å². The summed E-state index contributed by atoms with van der Waals surface area (Å²) in [6.07, 6.45) is 2.46. The molecule has 2 heterocycles. The first-order valence-corrected chi connectivity index (χ1v) is 8.92.